The van der Waals surface area contributed by atoms with Gasteiger partial charge in [0.05, 0.1) is 24.3 Å². The summed E-state index contributed by atoms with van der Waals surface area (Å²) in [6, 6.07) is 3.92. The van der Waals surface area contributed by atoms with Crippen LogP contribution in [-0.2, 0) is 11.3 Å². The minimum Gasteiger partial charge on any atom is -0.490 e. The van der Waals surface area contributed by atoms with Gasteiger partial charge in [0.2, 0.25) is 0 Å². The molecule has 1 aromatic rings. The average Bonchev–Trinajstić information content (AvgIpc) is 2.96. The molecule has 0 aliphatic carbocycles. The van der Waals surface area contributed by atoms with Gasteiger partial charge in [0.25, 0.3) is 0 Å². The number of halogens is 1. The van der Waals surface area contributed by atoms with Crippen LogP contribution in [0.4, 0.5) is 0 Å². The molecule has 0 saturated carbocycles. The smallest absolute Gasteiger partial charge is 0.179 e. The normalized spacial score (nSPS) is 18.0. The molecule has 1 N–H and O–H groups in total. The zero-order valence-corrected chi connectivity index (χ0v) is 13.5. The molecule has 0 radical (unpaired) electrons. The minimum absolute atomic E-state index is 0.342. The monoisotopic (exact) mass is 313 g/mol. The molecule has 21 heavy (non-hydrogen) atoms. The molecule has 0 spiro atoms. The summed E-state index contributed by atoms with van der Waals surface area (Å²) in [6.07, 6.45) is 2.64. The Labute approximate surface area is 131 Å². The van der Waals surface area contributed by atoms with Crippen molar-refractivity contribution >= 4 is 11.6 Å². The fourth-order valence-corrected chi connectivity index (χ4v) is 2.74. The van der Waals surface area contributed by atoms with E-state index in [1.807, 2.05) is 26.0 Å². The Balaban J connectivity index is 1.98. The maximum Gasteiger partial charge on any atom is 0.179 e. The van der Waals surface area contributed by atoms with Crippen molar-refractivity contribution in [2.24, 2.45) is 0 Å². The van der Waals surface area contributed by atoms with Crippen LogP contribution in [0.1, 0.15) is 32.3 Å². The van der Waals surface area contributed by atoms with Crippen LogP contribution in [0.5, 0.6) is 11.5 Å². The first-order valence-corrected chi connectivity index (χ1v) is 8.02. The molecule has 1 fully saturated rings. The van der Waals surface area contributed by atoms with Crippen molar-refractivity contribution in [1.82, 2.24) is 5.32 Å². The Morgan fingerprint density at radius 1 is 1.29 bits per heavy atom. The number of ether oxygens (including phenoxy) is 3. The molecule has 5 heteroatoms. The summed E-state index contributed by atoms with van der Waals surface area (Å²) in [5, 5.41) is 4.01. The second kappa shape index (κ2) is 8.47. The summed E-state index contributed by atoms with van der Waals surface area (Å²) in [5.74, 6) is 1.34. The van der Waals surface area contributed by atoms with E-state index < -0.39 is 0 Å². The molecular weight excluding hydrogens is 290 g/mol. The highest BCUT2D eigenvalue weighted by atomic mass is 35.5. The van der Waals surface area contributed by atoms with Crippen LogP contribution in [0.3, 0.4) is 0 Å². The predicted molar refractivity (Wildman–Crippen MR) is 84.5 cm³/mol. The topological polar surface area (TPSA) is 39.7 Å². The second-order valence-electron chi connectivity index (χ2n) is 5.04. The van der Waals surface area contributed by atoms with E-state index in [2.05, 4.69) is 5.32 Å². The molecule has 1 aromatic carbocycles. The van der Waals surface area contributed by atoms with Gasteiger partial charge in [-0.05, 0) is 44.4 Å². The molecule has 4 nitrogen and oxygen atoms in total. The van der Waals surface area contributed by atoms with E-state index in [0.717, 1.165) is 38.1 Å². The first-order chi connectivity index (χ1) is 10.2. The van der Waals surface area contributed by atoms with Gasteiger partial charge in [-0.2, -0.15) is 0 Å². The number of hydrogen-bond donors (Lipinski definition) is 1. The lowest BCUT2D eigenvalue weighted by Crippen LogP contribution is -2.25. The van der Waals surface area contributed by atoms with Crippen LogP contribution < -0.4 is 14.8 Å². The zero-order chi connectivity index (χ0) is 15.1. The molecule has 1 atom stereocenters. The summed E-state index contributed by atoms with van der Waals surface area (Å²) < 4.78 is 16.8. The standard InChI is InChI=1S/C16H24ClNO3/c1-3-19-15-9-12(8-14(17)16(15)20-4-2)10-18-11-13-6-5-7-21-13/h8-9,13,18H,3-7,10-11H2,1-2H3/t13-/m0/s1. The highest BCUT2D eigenvalue weighted by Crippen LogP contribution is 2.36. The van der Waals surface area contributed by atoms with Crippen molar-refractivity contribution in [3.8, 4) is 11.5 Å². The summed E-state index contributed by atoms with van der Waals surface area (Å²) in [7, 11) is 0. The summed E-state index contributed by atoms with van der Waals surface area (Å²) in [4.78, 5) is 0. The Bertz CT molecular complexity index is 447. The second-order valence-corrected chi connectivity index (χ2v) is 5.44. The molecule has 1 heterocycles. The van der Waals surface area contributed by atoms with Gasteiger partial charge >= 0.3 is 0 Å². The minimum atomic E-state index is 0.342. The van der Waals surface area contributed by atoms with Gasteiger partial charge in [0.1, 0.15) is 0 Å². The highest BCUT2D eigenvalue weighted by Gasteiger charge is 2.15. The first kappa shape index (κ1) is 16.4. The van der Waals surface area contributed by atoms with Gasteiger partial charge < -0.3 is 19.5 Å². The largest absolute Gasteiger partial charge is 0.490 e. The van der Waals surface area contributed by atoms with Crippen molar-refractivity contribution in [2.75, 3.05) is 26.4 Å². The molecule has 2 rings (SSSR count). The summed E-state index contributed by atoms with van der Waals surface area (Å²) in [6.45, 7) is 7.53. The van der Waals surface area contributed by atoms with Crippen LogP contribution >= 0.6 is 11.6 Å². The predicted octanol–water partition coefficient (Wildman–Crippen LogP) is 3.41. The SMILES string of the molecule is CCOc1cc(CNC[C@@H]2CCCO2)cc(Cl)c1OCC. The number of rotatable bonds is 8. The van der Waals surface area contributed by atoms with E-state index in [-0.39, 0.29) is 0 Å². The van der Waals surface area contributed by atoms with Crippen LogP contribution in [0.2, 0.25) is 5.02 Å². The van der Waals surface area contributed by atoms with Crippen LogP contribution in [0, 0.1) is 0 Å². The maximum absolute atomic E-state index is 6.30. The van der Waals surface area contributed by atoms with Gasteiger partial charge in [-0.15, -0.1) is 0 Å². The van der Waals surface area contributed by atoms with E-state index in [9.17, 15) is 0 Å². The molecular formula is C16H24ClNO3. The van der Waals surface area contributed by atoms with E-state index in [0.29, 0.717) is 35.8 Å². The maximum atomic E-state index is 6.30. The fourth-order valence-electron chi connectivity index (χ4n) is 2.45. The van der Waals surface area contributed by atoms with E-state index in [1.165, 1.54) is 0 Å². The van der Waals surface area contributed by atoms with Crippen molar-refractivity contribution in [1.29, 1.82) is 0 Å². The molecule has 0 bridgehead atoms. The van der Waals surface area contributed by atoms with Crippen molar-refractivity contribution in [3.63, 3.8) is 0 Å². The number of hydrogen-bond acceptors (Lipinski definition) is 4. The van der Waals surface area contributed by atoms with Crippen LogP contribution in [0.15, 0.2) is 12.1 Å². The third-order valence-corrected chi connectivity index (χ3v) is 3.66. The van der Waals surface area contributed by atoms with Gasteiger partial charge in [-0.1, -0.05) is 11.6 Å². The lowest BCUT2D eigenvalue weighted by Gasteiger charge is -2.15. The fraction of sp³-hybridized carbons (Fsp3) is 0.625. The van der Waals surface area contributed by atoms with Crippen LogP contribution in [-0.4, -0.2) is 32.5 Å². The summed E-state index contributed by atoms with van der Waals surface area (Å²) >= 11 is 6.30. The Morgan fingerprint density at radius 3 is 2.76 bits per heavy atom. The first-order valence-electron chi connectivity index (χ1n) is 7.65. The van der Waals surface area contributed by atoms with E-state index >= 15 is 0 Å². The lowest BCUT2D eigenvalue weighted by molar-refractivity contribution is 0.110. The van der Waals surface area contributed by atoms with E-state index in [4.69, 9.17) is 25.8 Å². The third kappa shape index (κ3) is 4.77. The van der Waals surface area contributed by atoms with Gasteiger partial charge in [0, 0.05) is 19.7 Å². The zero-order valence-electron chi connectivity index (χ0n) is 12.8. The van der Waals surface area contributed by atoms with Crippen molar-refractivity contribution in [2.45, 2.75) is 39.3 Å². The Kier molecular flexibility index (Phi) is 6.61. The van der Waals surface area contributed by atoms with Crippen molar-refractivity contribution < 1.29 is 14.2 Å². The quantitative estimate of drug-likeness (QED) is 0.798. The molecule has 1 aliphatic rings. The molecule has 0 unspecified atom stereocenters. The molecule has 1 aliphatic heterocycles. The average molecular weight is 314 g/mol. The molecule has 0 aromatic heterocycles. The number of benzene rings is 1. The molecule has 0 amide bonds. The van der Waals surface area contributed by atoms with Gasteiger partial charge in [0.15, 0.2) is 11.5 Å². The molecule has 1 saturated heterocycles. The Hall–Kier alpha value is -0.970. The van der Waals surface area contributed by atoms with E-state index in [1.54, 1.807) is 0 Å². The highest BCUT2D eigenvalue weighted by molar-refractivity contribution is 6.32. The molecule has 118 valence electrons. The lowest BCUT2D eigenvalue weighted by atomic mass is 10.2. The van der Waals surface area contributed by atoms with Gasteiger partial charge in [-0.3, -0.25) is 0 Å². The van der Waals surface area contributed by atoms with Crippen LogP contribution in [0.25, 0.3) is 0 Å². The Morgan fingerprint density at radius 2 is 2.10 bits per heavy atom. The number of nitrogens with one attached hydrogen (secondary N) is 1. The van der Waals surface area contributed by atoms with Gasteiger partial charge in [-0.25, -0.2) is 0 Å². The van der Waals surface area contributed by atoms with Crippen molar-refractivity contribution in [3.05, 3.63) is 22.7 Å². The third-order valence-electron chi connectivity index (χ3n) is 3.38. The summed E-state index contributed by atoms with van der Waals surface area (Å²) in [5.41, 5.74) is 1.09.